The van der Waals surface area contributed by atoms with Crippen LogP contribution in [0.4, 0.5) is 0 Å². The minimum absolute atomic E-state index is 0.113. The molecule has 5 nitrogen and oxygen atoms in total. The second-order valence-corrected chi connectivity index (χ2v) is 6.27. The lowest BCUT2D eigenvalue weighted by Crippen LogP contribution is -2.39. The molecule has 0 bridgehead atoms. The molecule has 0 atom stereocenters. The van der Waals surface area contributed by atoms with Crippen LogP contribution in [0.15, 0.2) is 49.1 Å². The van der Waals surface area contributed by atoms with Crippen molar-refractivity contribution >= 4 is 16.8 Å². The number of benzene rings is 1. The summed E-state index contributed by atoms with van der Waals surface area (Å²) in [4.78, 5) is 22.0. The Morgan fingerprint density at radius 3 is 2.83 bits per heavy atom. The molecule has 4 rings (SSSR count). The highest BCUT2D eigenvalue weighted by atomic mass is 16.2. The molecule has 0 radical (unpaired) electrons. The standard InChI is InChI=1S/C18H20N4O/c23-18(17-11-15-3-1-2-4-16(15)20-17)22-8-5-14(6-9-22)12-21-10-7-19-13-21/h1-4,7,10-11,13-14,20H,5-6,8-9,12H2. The molecule has 0 aliphatic carbocycles. The minimum Gasteiger partial charge on any atom is -0.351 e. The van der Waals surface area contributed by atoms with E-state index < -0.39 is 0 Å². The predicted molar refractivity (Wildman–Crippen MR) is 89.2 cm³/mol. The highest BCUT2D eigenvalue weighted by molar-refractivity contribution is 5.98. The Morgan fingerprint density at radius 1 is 1.26 bits per heavy atom. The number of hydrogen-bond donors (Lipinski definition) is 1. The van der Waals surface area contributed by atoms with Gasteiger partial charge in [0.2, 0.25) is 0 Å². The Kier molecular flexibility index (Phi) is 3.61. The van der Waals surface area contributed by atoms with Crippen LogP contribution >= 0.6 is 0 Å². The third-order valence-electron chi connectivity index (χ3n) is 4.69. The van der Waals surface area contributed by atoms with Gasteiger partial charge in [0.15, 0.2) is 0 Å². The molecular formula is C18H20N4O. The molecule has 0 saturated carbocycles. The van der Waals surface area contributed by atoms with E-state index in [-0.39, 0.29) is 5.91 Å². The Bertz CT molecular complexity index is 764. The van der Waals surface area contributed by atoms with Crippen molar-refractivity contribution in [3.05, 3.63) is 54.7 Å². The molecule has 1 aliphatic rings. The topological polar surface area (TPSA) is 53.9 Å². The second kappa shape index (κ2) is 5.91. The van der Waals surface area contributed by atoms with Gasteiger partial charge in [0.05, 0.1) is 6.33 Å². The zero-order valence-electron chi connectivity index (χ0n) is 13.0. The average molecular weight is 308 g/mol. The van der Waals surface area contributed by atoms with Gasteiger partial charge in [-0.15, -0.1) is 0 Å². The van der Waals surface area contributed by atoms with Crippen LogP contribution in [0.25, 0.3) is 10.9 Å². The van der Waals surface area contributed by atoms with Gasteiger partial charge in [-0.05, 0) is 30.9 Å². The maximum atomic E-state index is 12.7. The van der Waals surface area contributed by atoms with Crippen molar-refractivity contribution < 1.29 is 4.79 Å². The molecule has 5 heteroatoms. The summed E-state index contributed by atoms with van der Waals surface area (Å²) < 4.78 is 2.12. The first-order valence-electron chi connectivity index (χ1n) is 8.12. The quantitative estimate of drug-likeness (QED) is 0.809. The van der Waals surface area contributed by atoms with Gasteiger partial charge in [-0.1, -0.05) is 18.2 Å². The normalized spacial score (nSPS) is 16.1. The van der Waals surface area contributed by atoms with Crippen molar-refractivity contribution in [2.45, 2.75) is 19.4 Å². The van der Waals surface area contributed by atoms with Gasteiger partial charge in [-0.25, -0.2) is 4.98 Å². The Hall–Kier alpha value is -2.56. The van der Waals surface area contributed by atoms with Gasteiger partial charge < -0.3 is 14.5 Å². The van der Waals surface area contributed by atoms with Gasteiger partial charge in [-0.3, -0.25) is 4.79 Å². The van der Waals surface area contributed by atoms with Crippen LogP contribution in [0.1, 0.15) is 23.3 Å². The molecule has 3 heterocycles. The first-order valence-corrected chi connectivity index (χ1v) is 8.12. The summed E-state index contributed by atoms with van der Waals surface area (Å²) in [5, 5.41) is 1.09. The molecule has 1 fully saturated rings. The zero-order valence-corrected chi connectivity index (χ0v) is 13.0. The number of H-pyrrole nitrogens is 1. The average Bonchev–Trinajstić information content (AvgIpc) is 3.24. The van der Waals surface area contributed by atoms with E-state index in [2.05, 4.69) is 14.5 Å². The summed E-state index contributed by atoms with van der Waals surface area (Å²) in [6.07, 6.45) is 7.77. The number of carbonyl (C=O) groups is 1. The first-order chi connectivity index (χ1) is 11.3. The van der Waals surface area contributed by atoms with Crippen molar-refractivity contribution in [2.24, 2.45) is 5.92 Å². The number of fused-ring (bicyclic) bond motifs is 1. The highest BCUT2D eigenvalue weighted by Crippen LogP contribution is 2.22. The molecule has 1 aliphatic heterocycles. The number of hydrogen-bond acceptors (Lipinski definition) is 2. The molecule has 1 N–H and O–H groups in total. The van der Waals surface area contributed by atoms with Crippen molar-refractivity contribution in [3.8, 4) is 0 Å². The van der Waals surface area contributed by atoms with Crippen LogP contribution in [-0.2, 0) is 6.54 Å². The molecule has 3 aromatic rings. The van der Waals surface area contributed by atoms with Crippen molar-refractivity contribution in [2.75, 3.05) is 13.1 Å². The number of rotatable bonds is 3. The van der Waals surface area contributed by atoms with Gasteiger partial charge in [-0.2, -0.15) is 0 Å². The third kappa shape index (κ3) is 2.86. The van der Waals surface area contributed by atoms with E-state index in [1.54, 1.807) is 0 Å². The number of aromatic nitrogens is 3. The van der Waals surface area contributed by atoms with E-state index in [4.69, 9.17) is 0 Å². The van der Waals surface area contributed by atoms with Gasteiger partial charge in [0.1, 0.15) is 5.69 Å². The van der Waals surface area contributed by atoms with Crippen molar-refractivity contribution in [1.82, 2.24) is 19.4 Å². The summed E-state index contributed by atoms with van der Waals surface area (Å²) in [7, 11) is 0. The number of carbonyl (C=O) groups excluding carboxylic acids is 1. The lowest BCUT2D eigenvalue weighted by Gasteiger charge is -2.31. The molecule has 2 aromatic heterocycles. The SMILES string of the molecule is O=C(c1cc2ccccc2[nH]1)N1CCC(Cn2ccnc2)CC1. The Labute approximate surface area is 134 Å². The molecule has 1 amide bonds. The zero-order chi connectivity index (χ0) is 15.6. The number of para-hydroxylation sites is 1. The number of imidazole rings is 1. The van der Waals surface area contributed by atoms with Crippen LogP contribution in [-0.4, -0.2) is 38.4 Å². The number of amides is 1. The smallest absolute Gasteiger partial charge is 0.270 e. The molecule has 23 heavy (non-hydrogen) atoms. The fraction of sp³-hybridized carbons (Fsp3) is 0.333. The second-order valence-electron chi connectivity index (χ2n) is 6.27. The highest BCUT2D eigenvalue weighted by Gasteiger charge is 2.24. The summed E-state index contributed by atoms with van der Waals surface area (Å²) in [5.41, 5.74) is 1.71. The largest absolute Gasteiger partial charge is 0.351 e. The summed E-state index contributed by atoms with van der Waals surface area (Å²) in [5.74, 6) is 0.734. The number of nitrogens with one attached hydrogen (secondary N) is 1. The maximum Gasteiger partial charge on any atom is 0.270 e. The van der Waals surface area contributed by atoms with E-state index in [1.807, 2.05) is 54.0 Å². The molecule has 1 aromatic carbocycles. The number of nitrogens with zero attached hydrogens (tertiary/aromatic N) is 3. The fourth-order valence-electron chi connectivity index (χ4n) is 3.37. The molecule has 0 spiro atoms. The van der Waals surface area contributed by atoms with Crippen molar-refractivity contribution in [3.63, 3.8) is 0 Å². The summed E-state index contributed by atoms with van der Waals surface area (Å²) >= 11 is 0. The van der Waals surface area contributed by atoms with E-state index in [9.17, 15) is 4.79 Å². The summed E-state index contributed by atoms with van der Waals surface area (Å²) in [6, 6.07) is 9.96. The Balaban J connectivity index is 1.40. The first kappa shape index (κ1) is 14.1. The summed E-state index contributed by atoms with van der Waals surface area (Å²) in [6.45, 7) is 2.65. The minimum atomic E-state index is 0.113. The third-order valence-corrected chi connectivity index (χ3v) is 4.69. The van der Waals surface area contributed by atoms with Crippen LogP contribution in [0.5, 0.6) is 0 Å². The Morgan fingerprint density at radius 2 is 2.09 bits per heavy atom. The van der Waals surface area contributed by atoms with E-state index in [0.29, 0.717) is 11.6 Å². The van der Waals surface area contributed by atoms with Crippen LogP contribution in [0.3, 0.4) is 0 Å². The van der Waals surface area contributed by atoms with Crippen molar-refractivity contribution in [1.29, 1.82) is 0 Å². The van der Waals surface area contributed by atoms with E-state index >= 15 is 0 Å². The molecule has 0 unspecified atom stereocenters. The van der Waals surface area contributed by atoms with E-state index in [0.717, 1.165) is 43.4 Å². The molecule has 1 saturated heterocycles. The van der Waals surface area contributed by atoms with Gasteiger partial charge in [0, 0.05) is 42.9 Å². The number of likely N-dealkylation sites (tertiary alicyclic amines) is 1. The predicted octanol–water partition coefficient (Wildman–Crippen LogP) is 2.92. The monoisotopic (exact) mass is 308 g/mol. The van der Waals surface area contributed by atoms with Gasteiger partial charge in [0.25, 0.3) is 5.91 Å². The molecule has 118 valence electrons. The maximum absolute atomic E-state index is 12.7. The van der Waals surface area contributed by atoms with Gasteiger partial charge >= 0.3 is 0 Å². The van der Waals surface area contributed by atoms with Crippen LogP contribution in [0.2, 0.25) is 0 Å². The van der Waals surface area contributed by atoms with Crippen LogP contribution < -0.4 is 0 Å². The number of aromatic amines is 1. The van der Waals surface area contributed by atoms with E-state index in [1.165, 1.54) is 0 Å². The molecular weight excluding hydrogens is 288 g/mol. The number of piperidine rings is 1. The lowest BCUT2D eigenvalue weighted by atomic mass is 9.96. The van der Waals surface area contributed by atoms with Crippen LogP contribution in [0, 0.1) is 5.92 Å². The lowest BCUT2D eigenvalue weighted by molar-refractivity contribution is 0.0678. The fourth-order valence-corrected chi connectivity index (χ4v) is 3.37.